The average molecular weight is 389 g/mol. The van der Waals surface area contributed by atoms with Crippen molar-refractivity contribution in [3.63, 3.8) is 0 Å². The molecule has 1 aliphatic heterocycles. The van der Waals surface area contributed by atoms with Gasteiger partial charge in [0.25, 0.3) is 0 Å². The molecule has 1 fully saturated rings. The second-order valence-electron chi connectivity index (χ2n) is 7.43. The largest absolute Gasteiger partial charge is 0.366 e. The molecule has 1 aliphatic rings. The highest BCUT2D eigenvalue weighted by Crippen LogP contribution is 2.28. The number of amides is 3. The molecule has 3 N–H and O–H groups in total. The van der Waals surface area contributed by atoms with Crippen LogP contribution in [0.15, 0.2) is 48.7 Å². The molecule has 0 aliphatic carbocycles. The first-order valence-electron chi connectivity index (χ1n) is 9.69. The number of fused-ring (bicyclic) bond motifs is 1. The van der Waals surface area contributed by atoms with E-state index < -0.39 is 5.91 Å². The number of hydrogen-bond donors (Lipinski definition) is 2. The van der Waals surface area contributed by atoms with Crippen LogP contribution in [-0.4, -0.2) is 39.9 Å². The van der Waals surface area contributed by atoms with Crippen molar-refractivity contribution in [1.29, 1.82) is 0 Å². The van der Waals surface area contributed by atoms with Crippen molar-refractivity contribution in [3.05, 3.63) is 65.5 Å². The Hall–Kier alpha value is -3.48. The number of piperidine rings is 1. The Bertz CT molecular complexity index is 1070. The van der Waals surface area contributed by atoms with Gasteiger partial charge < -0.3 is 16.0 Å². The third-order valence-corrected chi connectivity index (χ3v) is 5.30. The number of carbonyl (C=O) groups is 2. The molecular formula is C22H23N5O2. The van der Waals surface area contributed by atoms with Crippen LogP contribution in [-0.2, 0) is 0 Å². The molecule has 3 aromatic rings. The standard InChI is InChI=1S/C22H23N5O2/c1-14-11-17(20(23)28)13-18(12-14)25-22(29)27-9-6-15(7-10-27)19-5-4-16-3-2-8-24-21(16)26-19/h2-5,8,11-13,15H,6-7,9-10H2,1H3,(H2,23,28)(H,25,29). The van der Waals surface area contributed by atoms with Crippen molar-refractivity contribution in [2.24, 2.45) is 5.73 Å². The molecule has 0 saturated carbocycles. The van der Waals surface area contributed by atoms with Gasteiger partial charge in [-0.3, -0.25) is 4.79 Å². The maximum absolute atomic E-state index is 12.7. The van der Waals surface area contributed by atoms with Crippen molar-refractivity contribution in [2.75, 3.05) is 18.4 Å². The summed E-state index contributed by atoms with van der Waals surface area (Å²) >= 11 is 0. The van der Waals surface area contributed by atoms with E-state index in [9.17, 15) is 9.59 Å². The van der Waals surface area contributed by atoms with Crippen molar-refractivity contribution < 1.29 is 9.59 Å². The van der Waals surface area contributed by atoms with Gasteiger partial charge in [0.1, 0.15) is 0 Å². The smallest absolute Gasteiger partial charge is 0.321 e. The highest BCUT2D eigenvalue weighted by atomic mass is 16.2. The Balaban J connectivity index is 1.40. The topological polar surface area (TPSA) is 101 Å². The van der Waals surface area contributed by atoms with E-state index >= 15 is 0 Å². The van der Waals surface area contributed by atoms with Gasteiger partial charge in [-0.15, -0.1) is 0 Å². The number of aromatic nitrogens is 2. The van der Waals surface area contributed by atoms with E-state index in [1.165, 1.54) is 0 Å². The molecule has 148 valence electrons. The predicted octanol–water partition coefficient (Wildman–Crippen LogP) is 3.45. The molecule has 0 unspecified atom stereocenters. The molecule has 29 heavy (non-hydrogen) atoms. The first-order chi connectivity index (χ1) is 14.0. The molecule has 1 aromatic carbocycles. The number of urea groups is 1. The number of primary amides is 1. The van der Waals surface area contributed by atoms with Gasteiger partial charge in [-0.25, -0.2) is 14.8 Å². The predicted molar refractivity (Wildman–Crippen MR) is 112 cm³/mol. The Kier molecular flexibility index (Phi) is 5.12. The molecule has 0 radical (unpaired) electrons. The zero-order valence-corrected chi connectivity index (χ0v) is 16.3. The van der Waals surface area contributed by atoms with E-state index in [1.54, 1.807) is 23.2 Å². The summed E-state index contributed by atoms with van der Waals surface area (Å²) in [6.07, 6.45) is 3.44. The SMILES string of the molecule is Cc1cc(NC(=O)N2CCC(c3ccc4cccnc4n3)CC2)cc(C(N)=O)c1. The van der Waals surface area contributed by atoms with Crippen molar-refractivity contribution in [2.45, 2.75) is 25.7 Å². The van der Waals surface area contributed by atoms with Crippen LogP contribution in [0.4, 0.5) is 10.5 Å². The van der Waals surface area contributed by atoms with Crippen LogP contribution in [0.25, 0.3) is 11.0 Å². The first-order valence-corrected chi connectivity index (χ1v) is 9.69. The molecule has 3 heterocycles. The highest BCUT2D eigenvalue weighted by Gasteiger charge is 2.25. The summed E-state index contributed by atoms with van der Waals surface area (Å²) in [5.74, 6) is -0.201. The summed E-state index contributed by atoms with van der Waals surface area (Å²) in [5.41, 5.74) is 8.97. The molecule has 3 amide bonds. The Labute approximate surface area is 168 Å². The lowest BCUT2D eigenvalue weighted by molar-refractivity contribution is 0.1000. The Morgan fingerprint density at radius 3 is 2.69 bits per heavy atom. The minimum atomic E-state index is -0.512. The minimum Gasteiger partial charge on any atom is -0.366 e. The van der Waals surface area contributed by atoms with E-state index in [1.807, 2.05) is 25.1 Å². The highest BCUT2D eigenvalue weighted by molar-refractivity contribution is 5.96. The number of benzene rings is 1. The number of anilines is 1. The average Bonchev–Trinajstić information content (AvgIpc) is 2.73. The lowest BCUT2D eigenvalue weighted by Gasteiger charge is -2.31. The zero-order chi connectivity index (χ0) is 20.4. The zero-order valence-electron chi connectivity index (χ0n) is 16.3. The lowest BCUT2D eigenvalue weighted by atomic mass is 9.93. The number of pyridine rings is 2. The fourth-order valence-electron chi connectivity index (χ4n) is 3.77. The number of likely N-dealkylation sites (tertiary alicyclic amines) is 1. The van der Waals surface area contributed by atoms with E-state index in [-0.39, 0.29) is 6.03 Å². The van der Waals surface area contributed by atoms with Crippen molar-refractivity contribution in [1.82, 2.24) is 14.9 Å². The quantitative estimate of drug-likeness (QED) is 0.716. The maximum atomic E-state index is 12.7. The molecular weight excluding hydrogens is 366 g/mol. The van der Waals surface area contributed by atoms with Gasteiger partial charge in [0.05, 0.1) is 0 Å². The van der Waals surface area contributed by atoms with Crippen LogP contribution in [0.5, 0.6) is 0 Å². The molecule has 0 atom stereocenters. The second kappa shape index (κ2) is 7.87. The van der Waals surface area contributed by atoms with E-state index in [2.05, 4.69) is 22.4 Å². The molecule has 4 rings (SSSR count). The molecule has 0 spiro atoms. The van der Waals surface area contributed by atoms with Gasteiger partial charge in [0.15, 0.2) is 5.65 Å². The summed E-state index contributed by atoms with van der Waals surface area (Å²) in [5, 5.41) is 3.91. The van der Waals surface area contributed by atoms with Gasteiger partial charge in [-0.2, -0.15) is 0 Å². The van der Waals surface area contributed by atoms with E-state index in [4.69, 9.17) is 10.7 Å². The van der Waals surface area contributed by atoms with Crippen molar-refractivity contribution >= 4 is 28.7 Å². The minimum absolute atomic E-state index is 0.169. The fraction of sp³-hybridized carbons (Fsp3) is 0.273. The molecule has 7 nitrogen and oxygen atoms in total. The van der Waals surface area contributed by atoms with Gasteiger partial charge in [0, 0.05) is 47.5 Å². The molecule has 2 aromatic heterocycles. The van der Waals surface area contributed by atoms with Gasteiger partial charge in [-0.1, -0.05) is 0 Å². The number of nitrogens with one attached hydrogen (secondary N) is 1. The van der Waals surface area contributed by atoms with Gasteiger partial charge in [-0.05, 0) is 67.8 Å². The molecule has 7 heteroatoms. The number of carbonyl (C=O) groups excluding carboxylic acids is 2. The summed E-state index contributed by atoms with van der Waals surface area (Å²) in [6.45, 7) is 3.15. The molecule has 1 saturated heterocycles. The van der Waals surface area contributed by atoms with E-state index in [0.717, 1.165) is 35.1 Å². The lowest BCUT2D eigenvalue weighted by Crippen LogP contribution is -2.40. The monoisotopic (exact) mass is 389 g/mol. The molecule has 0 bridgehead atoms. The van der Waals surface area contributed by atoms with Gasteiger partial charge in [0.2, 0.25) is 5.91 Å². The fourth-order valence-corrected chi connectivity index (χ4v) is 3.77. The maximum Gasteiger partial charge on any atom is 0.321 e. The van der Waals surface area contributed by atoms with Crippen LogP contribution in [0.3, 0.4) is 0 Å². The number of rotatable bonds is 3. The van der Waals surface area contributed by atoms with Crippen LogP contribution < -0.4 is 11.1 Å². The number of nitrogens with zero attached hydrogens (tertiary/aromatic N) is 3. The summed E-state index contributed by atoms with van der Waals surface area (Å²) < 4.78 is 0. The van der Waals surface area contributed by atoms with Crippen LogP contribution in [0.1, 0.15) is 40.4 Å². The summed E-state index contributed by atoms with van der Waals surface area (Å²) in [4.78, 5) is 34.9. The van der Waals surface area contributed by atoms with E-state index in [0.29, 0.717) is 30.3 Å². The third kappa shape index (κ3) is 4.18. The van der Waals surface area contributed by atoms with Crippen molar-refractivity contribution in [3.8, 4) is 0 Å². The number of aryl methyl sites for hydroxylation is 1. The number of nitrogens with two attached hydrogens (primary N) is 1. The second-order valence-corrected chi connectivity index (χ2v) is 7.43. The third-order valence-electron chi connectivity index (χ3n) is 5.30. The normalized spacial score (nSPS) is 14.7. The Morgan fingerprint density at radius 2 is 1.93 bits per heavy atom. The summed E-state index contributed by atoms with van der Waals surface area (Å²) in [7, 11) is 0. The number of hydrogen-bond acceptors (Lipinski definition) is 4. The van der Waals surface area contributed by atoms with Crippen LogP contribution in [0, 0.1) is 6.92 Å². The van der Waals surface area contributed by atoms with Crippen LogP contribution in [0.2, 0.25) is 0 Å². The Morgan fingerprint density at radius 1 is 1.14 bits per heavy atom. The summed E-state index contributed by atoms with van der Waals surface area (Å²) in [6, 6.07) is 13.0. The van der Waals surface area contributed by atoms with Gasteiger partial charge >= 0.3 is 6.03 Å². The van der Waals surface area contributed by atoms with Crippen LogP contribution >= 0.6 is 0 Å². The first kappa shape index (κ1) is 18.9.